The van der Waals surface area contributed by atoms with Crippen LogP contribution >= 0.6 is 0 Å². The average molecular weight is 141 g/mol. The van der Waals surface area contributed by atoms with Gasteiger partial charge in [0.15, 0.2) is 0 Å². The summed E-state index contributed by atoms with van der Waals surface area (Å²) in [5.74, 6) is 1.00. The molecule has 0 radical (unpaired) electrons. The molecule has 0 amide bonds. The van der Waals surface area contributed by atoms with E-state index in [-0.39, 0.29) is 0 Å². The van der Waals surface area contributed by atoms with Crippen molar-refractivity contribution in [1.82, 2.24) is 5.32 Å². The zero-order valence-electron chi connectivity index (χ0n) is 6.31. The lowest BCUT2D eigenvalue weighted by Gasteiger charge is -2.08. The SMILES string of the molecule is C1CC(NCC2CC2)CO1. The van der Waals surface area contributed by atoms with E-state index in [1.165, 1.54) is 25.8 Å². The van der Waals surface area contributed by atoms with Gasteiger partial charge in [0.25, 0.3) is 0 Å². The van der Waals surface area contributed by atoms with Crippen molar-refractivity contribution in [2.75, 3.05) is 19.8 Å². The van der Waals surface area contributed by atoms with Gasteiger partial charge in [-0.3, -0.25) is 0 Å². The lowest BCUT2D eigenvalue weighted by molar-refractivity contribution is 0.190. The Hall–Kier alpha value is -0.0800. The molecule has 0 spiro atoms. The first-order chi connectivity index (χ1) is 4.95. The van der Waals surface area contributed by atoms with Crippen molar-refractivity contribution in [2.45, 2.75) is 25.3 Å². The van der Waals surface area contributed by atoms with Crippen LogP contribution in [0, 0.1) is 5.92 Å². The second kappa shape index (κ2) is 2.89. The van der Waals surface area contributed by atoms with E-state index >= 15 is 0 Å². The summed E-state index contributed by atoms with van der Waals surface area (Å²) in [6, 6.07) is 0.667. The first-order valence-electron chi connectivity index (χ1n) is 4.26. The molecule has 0 aromatic carbocycles. The normalized spacial score (nSPS) is 33.0. The smallest absolute Gasteiger partial charge is 0.0620 e. The third kappa shape index (κ3) is 1.70. The number of nitrogens with one attached hydrogen (secondary N) is 1. The highest BCUT2D eigenvalue weighted by Gasteiger charge is 2.23. The minimum absolute atomic E-state index is 0.667. The Morgan fingerprint density at radius 1 is 1.30 bits per heavy atom. The van der Waals surface area contributed by atoms with Crippen LogP contribution in [0.4, 0.5) is 0 Å². The molecule has 1 heterocycles. The van der Waals surface area contributed by atoms with Crippen LogP contribution in [0.2, 0.25) is 0 Å². The van der Waals surface area contributed by atoms with Crippen molar-refractivity contribution in [2.24, 2.45) is 5.92 Å². The van der Waals surface area contributed by atoms with Gasteiger partial charge < -0.3 is 10.1 Å². The Labute approximate surface area is 61.9 Å². The average Bonchev–Trinajstić information content (AvgIpc) is 2.63. The fourth-order valence-electron chi connectivity index (χ4n) is 1.35. The summed E-state index contributed by atoms with van der Waals surface area (Å²) in [6.45, 7) is 3.13. The summed E-state index contributed by atoms with van der Waals surface area (Å²) in [7, 11) is 0. The van der Waals surface area contributed by atoms with E-state index in [0.29, 0.717) is 6.04 Å². The van der Waals surface area contributed by atoms with Gasteiger partial charge in [-0.2, -0.15) is 0 Å². The van der Waals surface area contributed by atoms with Crippen LogP contribution < -0.4 is 5.32 Å². The number of hydrogen-bond donors (Lipinski definition) is 1. The largest absolute Gasteiger partial charge is 0.380 e. The maximum Gasteiger partial charge on any atom is 0.0620 e. The fourth-order valence-corrected chi connectivity index (χ4v) is 1.35. The second-order valence-corrected chi connectivity index (χ2v) is 3.41. The van der Waals surface area contributed by atoms with Crippen molar-refractivity contribution in [1.29, 1.82) is 0 Å². The van der Waals surface area contributed by atoms with E-state index in [9.17, 15) is 0 Å². The molecular formula is C8H15NO. The van der Waals surface area contributed by atoms with Gasteiger partial charge in [-0.25, -0.2) is 0 Å². The van der Waals surface area contributed by atoms with E-state index in [1.807, 2.05) is 0 Å². The monoisotopic (exact) mass is 141 g/mol. The topological polar surface area (TPSA) is 21.3 Å². The lowest BCUT2D eigenvalue weighted by Crippen LogP contribution is -2.30. The van der Waals surface area contributed by atoms with Gasteiger partial charge in [0.1, 0.15) is 0 Å². The summed E-state index contributed by atoms with van der Waals surface area (Å²) in [4.78, 5) is 0. The first kappa shape index (κ1) is 6.62. The van der Waals surface area contributed by atoms with Crippen LogP contribution in [0.1, 0.15) is 19.3 Å². The second-order valence-electron chi connectivity index (χ2n) is 3.41. The molecule has 2 nitrogen and oxygen atoms in total. The molecule has 0 bridgehead atoms. The molecule has 2 rings (SSSR count). The Balaban J connectivity index is 1.59. The maximum atomic E-state index is 5.25. The van der Waals surface area contributed by atoms with Gasteiger partial charge in [-0.15, -0.1) is 0 Å². The molecule has 2 heteroatoms. The van der Waals surface area contributed by atoms with Crippen LogP contribution in [-0.4, -0.2) is 25.8 Å². The summed E-state index contributed by atoms with van der Waals surface area (Å²) >= 11 is 0. The van der Waals surface area contributed by atoms with Crippen LogP contribution in [0.15, 0.2) is 0 Å². The summed E-state index contributed by atoms with van der Waals surface area (Å²) in [5, 5.41) is 3.52. The Kier molecular flexibility index (Phi) is 1.91. The fraction of sp³-hybridized carbons (Fsp3) is 1.00. The number of ether oxygens (including phenoxy) is 1. The molecule has 10 heavy (non-hydrogen) atoms. The van der Waals surface area contributed by atoms with Gasteiger partial charge >= 0.3 is 0 Å². The van der Waals surface area contributed by atoms with Crippen molar-refractivity contribution in [3.8, 4) is 0 Å². The molecule has 2 aliphatic rings. The van der Waals surface area contributed by atoms with E-state index in [1.54, 1.807) is 0 Å². The highest BCUT2D eigenvalue weighted by Crippen LogP contribution is 2.27. The summed E-state index contributed by atoms with van der Waals surface area (Å²) in [6.07, 6.45) is 4.11. The van der Waals surface area contributed by atoms with Gasteiger partial charge in [0, 0.05) is 12.6 Å². The zero-order valence-corrected chi connectivity index (χ0v) is 6.31. The van der Waals surface area contributed by atoms with E-state index in [2.05, 4.69) is 5.32 Å². The molecule has 1 saturated carbocycles. The third-order valence-electron chi connectivity index (χ3n) is 2.32. The Bertz CT molecular complexity index is 106. The highest BCUT2D eigenvalue weighted by atomic mass is 16.5. The standard InChI is InChI=1S/C8H15NO/c1-2-7(1)5-9-8-3-4-10-6-8/h7-9H,1-6H2. The molecule has 1 saturated heterocycles. The number of hydrogen-bond acceptors (Lipinski definition) is 2. The van der Waals surface area contributed by atoms with Crippen molar-refractivity contribution in [3.63, 3.8) is 0 Å². The van der Waals surface area contributed by atoms with E-state index in [4.69, 9.17) is 4.74 Å². The molecule has 0 aromatic heterocycles. The minimum atomic E-state index is 0.667. The van der Waals surface area contributed by atoms with Gasteiger partial charge in [0.2, 0.25) is 0 Å². The molecule has 1 aliphatic carbocycles. The Morgan fingerprint density at radius 2 is 2.20 bits per heavy atom. The Morgan fingerprint density at radius 3 is 2.80 bits per heavy atom. The molecule has 1 aliphatic heterocycles. The van der Waals surface area contributed by atoms with Gasteiger partial charge in [-0.05, 0) is 31.7 Å². The zero-order chi connectivity index (χ0) is 6.81. The minimum Gasteiger partial charge on any atom is -0.380 e. The van der Waals surface area contributed by atoms with Crippen molar-refractivity contribution in [3.05, 3.63) is 0 Å². The number of rotatable bonds is 3. The predicted molar refractivity (Wildman–Crippen MR) is 40.0 cm³/mol. The molecule has 58 valence electrons. The summed E-state index contributed by atoms with van der Waals surface area (Å²) < 4.78 is 5.25. The van der Waals surface area contributed by atoms with Crippen LogP contribution in [0.25, 0.3) is 0 Å². The molecular weight excluding hydrogens is 126 g/mol. The molecule has 2 fully saturated rings. The highest BCUT2D eigenvalue weighted by molar-refractivity contribution is 4.79. The molecule has 1 atom stereocenters. The van der Waals surface area contributed by atoms with Crippen LogP contribution in [0.3, 0.4) is 0 Å². The first-order valence-corrected chi connectivity index (χ1v) is 4.26. The van der Waals surface area contributed by atoms with Crippen LogP contribution in [0.5, 0.6) is 0 Å². The maximum absolute atomic E-state index is 5.25. The predicted octanol–water partition coefficient (Wildman–Crippen LogP) is 0.775. The molecule has 1 unspecified atom stereocenters. The van der Waals surface area contributed by atoms with E-state index < -0.39 is 0 Å². The van der Waals surface area contributed by atoms with Gasteiger partial charge in [0.05, 0.1) is 6.61 Å². The molecule has 0 aromatic rings. The van der Waals surface area contributed by atoms with Gasteiger partial charge in [-0.1, -0.05) is 0 Å². The van der Waals surface area contributed by atoms with Crippen molar-refractivity contribution >= 4 is 0 Å². The molecule has 1 N–H and O–H groups in total. The van der Waals surface area contributed by atoms with E-state index in [0.717, 1.165) is 19.1 Å². The van der Waals surface area contributed by atoms with Crippen molar-refractivity contribution < 1.29 is 4.74 Å². The third-order valence-corrected chi connectivity index (χ3v) is 2.32. The lowest BCUT2D eigenvalue weighted by atomic mass is 10.2. The summed E-state index contributed by atoms with van der Waals surface area (Å²) in [5.41, 5.74) is 0. The quantitative estimate of drug-likeness (QED) is 0.627. The van der Waals surface area contributed by atoms with Crippen LogP contribution in [-0.2, 0) is 4.74 Å².